The molecular weight excluding hydrogens is 412 g/mol. The Morgan fingerprint density at radius 3 is 2.39 bits per heavy atom. The molecule has 1 aliphatic heterocycles. The number of hydrogen-bond acceptors (Lipinski definition) is 5. The van der Waals surface area contributed by atoms with E-state index in [1.54, 1.807) is 18.6 Å². The summed E-state index contributed by atoms with van der Waals surface area (Å²) in [5, 5.41) is 0. The van der Waals surface area contributed by atoms with Crippen molar-refractivity contribution in [1.29, 1.82) is 0 Å². The maximum atomic E-state index is 13.7. The first-order valence-corrected chi connectivity index (χ1v) is 11.2. The smallest absolute Gasteiger partial charge is 0.278 e. The number of carbonyl (C=O) groups is 2. The maximum absolute atomic E-state index is 13.7. The number of likely N-dealkylation sites (N-methyl/N-ethyl adjacent to an activating group) is 1. The van der Waals surface area contributed by atoms with Gasteiger partial charge in [0.05, 0.1) is 17.8 Å². The monoisotopic (exact) mass is 440 g/mol. The predicted molar refractivity (Wildman–Crippen MR) is 128 cm³/mol. The average molecular weight is 441 g/mol. The van der Waals surface area contributed by atoms with Crippen LogP contribution in [-0.2, 0) is 22.6 Å². The Morgan fingerprint density at radius 1 is 0.939 bits per heavy atom. The molecule has 0 N–H and O–H groups in total. The highest BCUT2D eigenvalue weighted by Gasteiger charge is 2.41. The van der Waals surface area contributed by atoms with Crippen molar-refractivity contribution >= 4 is 17.4 Å². The van der Waals surface area contributed by atoms with Crippen molar-refractivity contribution in [2.24, 2.45) is 0 Å². The second-order valence-corrected chi connectivity index (χ2v) is 8.24. The van der Waals surface area contributed by atoms with Crippen LogP contribution in [0.3, 0.4) is 0 Å². The van der Waals surface area contributed by atoms with Crippen molar-refractivity contribution in [1.82, 2.24) is 19.8 Å². The molecule has 1 aliphatic rings. The molecule has 0 fully saturated rings. The lowest BCUT2D eigenvalue weighted by Crippen LogP contribution is -2.35. The van der Waals surface area contributed by atoms with Crippen molar-refractivity contribution in [2.45, 2.75) is 33.7 Å². The minimum atomic E-state index is -0.269. The molecule has 0 spiro atoms. The van der Waals surface area contributed by atoms with Crippen molar-refractivity contribution < 1.29 is 9.59 Å². The number of amides is 2. The quantitative estimate of drug-likeness (QED) is 0.497. The molecule has 6 heteroatoms. The summed E-state index contributed by atoms with van der Waals surface area (Å²) in [7, 11) is 0. The van der Waals surface area contributed by atoms with Crippen molar-refractivity contribution in [3.05, 3.63) is 101 Å². The van der Waals surface area contributed by atoms with Gasteiger partial charge in [0.25, 0.3) is 11.8 Å². The minimum absolute atomic E-state index is 0.151. The van der Waals surface area contributed by atoms with Gasteiger partial charge in [-0.15, -0.1) is 0 Å². The van der Waals surface area contributed by atoms with Gasteiger partial charge in [-0.25, -0.2) is 0 Å². The highest BCUT2D eigenvalue weighted by Crippen LogP contribution is 2.34. The van der Waals surface area contributed by atoms with E-state index < -0.39 is 0 Å². The van der Waals surface area contributed by atoms with Crippen molar-refractivity contribution in [3.8, 4) is 0 Å². The van der Waals surface area contributed by atoms with Crippen LogP contribution in [0.1, 0.15) is 34.9 Å². The normalized spacial score (nSPS) is 13.7. The predicted octanol–water partition coefficient (Wildman–Crippen LogP) is 3.94. The highest BCUT2D eigenvalue weighted by molar-refractivity contribution is 6.35. The number of aromatic nitrogens is 2. The number of nitrogens with zero attached hydrogens (tertiary/aromatic N) is 4. The summed E-state index contributed by atoms with van der Waals surface area (Å²) in [4.78, 5) is 39.0. The Labute approximate surface area is 194 Å². The van der Waals surface area contributed by atoms with Crippen LogP contribution in [0.5, 0.6) is 0 Å². The van der Waals surface area contributed by atoms with E-state index in [-0.39, 0.29) is 18.4 Å². The standard InChI is InChI=1S/C27H28N4O2/c1-4-30(16-12-21-10-14-28-15-11-21)25-24(23-9-8-19(2)17-20(23)3)26(32)31(27(25)33)18-22-7-5-6-13-29-22/h5-11,13-15,17H,4,12,16,18H2,1-3H3. The third kappa shape index (κ3) is 4.70. The van der Waals surface area contributed by atoms with E-state index in [9.17, 15) is 9.59 Å². The molecule has 0 aliphatic carbocycles. The van der Waals surface area contributed by atoms with Crippen LogP contribution in [0.15, 0.2) is 72.8 Å². The zero-order chi connectivity index (χ0) is 23.4. The SMILES string of the molecule is CCN(CCc1ccncc1)C1=C(c2ccc(C)cc2C)C(=O)N(Cc2ccccn2)C1=O. The second-order valence-electron chi connectivity index (χ2n) is 8.24. The van der Waals surface area contributed by atoms with E-state index in [1.165, 1.54) is 4.90 Å². The van der Waals surface area contributed by atoms with Gasteiger partial charge in [-0.05, 0) is 68.1 Å². The fraction of sp³-hybridized carbons (Fsp3) is 0.259. The van der Waals surface area contributed by atoms with Gasteiger partial charge in [0.2, 0.25) is 0 Å². The molecule has 168 valence electrons. The molecule has 0 atom stereocenters. The fourth-order valence-electron chi connectivity index (χ4n) is 4.23. The zero-order valence-corrected chi connectivity index (χ0v) is 19.3. The van der Waals surface area contributed by atoms with Crippen LogP contribution < -0.4 is 0 Å². The van der Waals surface area contributed by atoms with E-state index in [1.807, 2.05) is 74.2 Å². The number of hydrogen-bond donors (Lipinski definition) is 0. The topological polar surface area (TPSA) is 66.4 Å². The lowest BCUT2D eigenvalue weighted by molar-refractivity contribution is -0.138. The number of pyridine rings is 2. The molecular formula is C27H28N4O2. The average Bonchev–Trinajstić information content (AvgIpc) is 3.06. The number of rotatable bonds is 8. The van der Waals surface area contributed by atoms with Gasteiger partial charge in [0.1, 0.15) is 5.70 Å². The van der Waals surface area contributed by atoms with Gasteiger partial charge in [-0.1, -0.05) is 29.8 Å². The summed E-state index contributed by atoms with van der Waals surface area (Å²) in [6, 6.07) is 15.4. The lowest BCUT2D eigenvalue weighted by atomic mass is 9.97. The summed E-state index contributed by atoms with van der Waals surface area (Å²) in [6.45, 7) is 7.41. The van der Waals surface area contributed by atoms with Crippen LogP contribution >= 0.6 is 0 Å². The molecule has 33 heavy (non-hydrogen) atoms. The van der Waals surface area contributed by atoms with Crippen molar-refractivity contribution in [2.75, 3.05) is 13.1 Å². The molecule has 2 aromatic heterocycles. The van der Waals surface area contributed by atoms with Gasteiger partial charge in [0.15, 0.2) is 0 Å². The summed E-state index contributed by atoms with van der Waals surface area (Å²) in [6.07, 6.45) is 5.96. The third-order valence-corrected chi connectivity index (χ3v) is 5.96. The minimum Gasteiger partial charge on any atom is -0.366 e. The van der Waals surface area contributed by atoms with Gasteiger partial charge in [-0.2, -0.15) is 0 Å². The Bertz CT molecular complexity index is 1190. The molecule has 2 amide bonds. The van der Waals surface area contributed by atoms with E-state index in [0.29, 0.717) is 30.1 Å². The van der Waals surface area contributed by atoms with Gasteiger partial charge in [-0.3, -0.25) is 24.5 Å². The molecule has 0 radical (unpaired) electrons. The van der Waals surface area contributed by atoms with Crippen LogP contribution in [0.4, 0.5) is 0 Å². The fourth-order valence-corrected chi connectivity index (χ4v) is 4.23. The Kier molecular flexibility index (Phi) is 6.63. The number of aryl methyl sites for hydroxylation is 2. The first-order valence-electron chi connectivity index (χ1n) is 11.2. The van der Waals surface area contributed by atoms with E-state index >= 15 is 0 Å². The summed E-state index contributed by atoms with van der Waals surface area (Å²) in [5.41, 5.74) is 5.67. The Balaban J connectivity index is 1.73. The largest absolute Gasteiger partial charge is 0.366 e. The lowest BCUT2D eigenvalue weighted by Gasteiger charge is -2.25. The molecule has 1 aromatic carbocycles. The molecule has 0 saturated carbocycles. The van der Waals surface area contributed by atoms with Gasteiger partial charge in [0, 0.05) is 31.7 Å². The molecule has 4 rings (SSSR count). The Morgan fingerprint density at radius 2 is 1.73 bits per heavy atom. The van der Waals surface area contributed by atoms with E-state index in [0.717, 1.165) is 28.7 Å². The third-order valence-electron chi connectivity index (χ3n) is 5.96. The number of carbonyl (C=O) groups excluding carboxylic acids is 2. The molecule has 0 bridgehead atoms. The molecule has 6 nitrogen and oxygen atoms in total. The zero-order valence-electron chi connectivity index (χ0n) is 19.3. The van der Waals surface area contributed by atoms with Gasteiger partial charge < -0.3 is 4.90 Å². The number of imide groups is 1. The maximum Gasteiger partial charge on any atom is 0.278 e. The van der Waals surface area contributed by atoms with Crippen molar-refractivity contribution in [3.63, 3.8) is 0 Å². The van der Waals surface area contributed by atoms with E-state index in [4.69, 9.17) is 0 Å². The summed E-state index contributed by atoms with van der Waals surface area (Å²) in [5.74, 6) is -0.535. The van der Waals surface area contributed by atoms with Crippen LogP contribution in [0.25, 0.3) is 5.57 Å². The highest BCUT2D eigenvalue weighted by atomic mass is 16.2. The summed E-state index contributed by atoms with van der Waals surface area (Å²) >= 11 is 0. The molecule has 3 aromatic rings. The molecule has 0 unspecified atom stereocenters. The first-order chi connectivity index (χ1) is 16.0. The number of benzene rings is 1. The van der Waals surface area contributed by atoms with Crippen LogP contribution in [-0.4, -0.2) is 44.7 Å². The van der Waals surface area contributed by atoms with E-state index in [2.05, 4.69) is 9.97 Å². The summed E-state index contributed by atoms with van der Waals surface area (Å²) < 4.78 is 0. The van der Waals surface area contributed by atoms with Crippen LogP contribution in [0, 0.1) is 13.8 Å². The second kappa shape index (κ2) is 9.77. The molecule has 0 saturated heterocycles. The van der Waals surface area contributed by atoms with Crippen LogP contribution in [0.2, 0.25) is 0 Å². The molecule has 3 heterocycles. The first kappa shape index (κ1) is 22.4. The van der Waals surface area contributed by atoms with Gasteiger partial charge >= 0.3 is 0 Å². The Hall–Kier alpha value is -3.80.